The van der Waals surface area contributed by atoms with E-state index in [-0.39, 0.29) is 0 Å². The minimum Gasteiger partial charge on any atom is -0.339 e. The minimum absolute atomic E-state index is 0.447. The van der Waals surface area contributed by atoms with Crippen molar-refractivity contribution in [3.63, 3.8) is 0 Å². The zero-order valence-corrected chi connectivity index (χ0v) is 12.1. The fourth-order valence-electron chi connectivity index (χ4n) is 4.40. The molecule has 0 aromatic carbocycles. The largest absolute Gasteiger partial charge is 0.339 e. The highest BCUT2D eigenvalue weighted by molar-refractivity contribution is 5.77. The van der Waals surface area contributed by atoms with Crippen LogP contribution in [0.3, 0.4) is 0 Å². The van der Waals surface area contributed by atoms with Crippen LogP contribution in [0.15, 0.2) is 0 Å². The van der Waals surface area contributed by atoms with Crippen LogP contribution >= 0.6 is 0 Å². The van der Waals surface area contributed by atoms with Crippen LogP contribution in [0.2, 0.25) is 0 Å². The fourth-order valence-corrected chi connectivity index (χ4v) is 4.40. The lowest BCUT2D eigenvalue weighted by atomic mass is 9.93. The number of nitrogens with one attached hydrogen (secondary N) is 1. The standard InChI is InChI=1S/C16H28N2O/c19-16(11-13-5-3-9-17-12-13)18-10-4-8-15(18)14-6-1-2-7-14/h13-15,17H,1-12H2. The zero-order valence-electron chi connectivity index (χ0n) is 12.1. The molecule has 3 fully saturated rings. The normalized spacial score (nSPS) is 32.9. The Kier molecular flexibility index (Phi) is 4.42. The molecule has 2 aliphatic heterocycles. The second-order valence-corrected chi connectivity index (χ2v) is 6.76. The van der Waals surface area contributed by atoms with Crippen molar-refractivity contribution in [2.24, 2.45) is 11.8 Å². The van der Waals surface area contributed by atoms with Crippen molar-refractivity contribution < 1.29 is 4.79 Å². The zero-order chi connectivity index (χ0) is 13.1. The molecule has 19 heavy (non-hydrogen) atoms. The van der Waals surface area contributed by atoms with E-state index >= 15 is 0 Å². The summed E-state index contributed by atoms with van der Waals surface area (Å²) < 4.78 is 0. The summed E-state index contributed by atoms with van der Waals surface area (Å²) in [7, 11) is 0. The molecule has 1 amide bonds. The van der Waals surface area contributed by atoms with Crippen molar-refractivity contribution in [1.29, 1.82) is 0 Å². The van der Waals surface area contributed by atoms with Crippen LogP contribution in [0.1, 0.15) is 57.8 Å². The van der Waals surface area contributed by atoms with Crippen LogP contribution in [-0.2, 0) is 4.79 Å². The molecule has 2 atom stereocenters. The summed E-state index contributed by atoms with van der Waals surface area (Å²) >= 11 is 0. The average Bonchev–Trinajstić information content (AvgIpc) is 3.10. The molecule has 0 aromatic rings. The Morgan fingerprint density at radius 1 is 1.05 bits per heavy atom. The number of rotatable bonds is 3. The van der Waals surface area contributed by atoms with Gasteiger partial charge in [-0.2, -0.15) is 0 Å². The van der Waals surface area contributed by atoms with E-state index < -0.39 is 0 Å². The topological polar surface area (TPSA) is 32.3 Å². The number of amides is 1. The number of likely N-dealkylation sites (tertiary alicyclic amines) is 1. The maximum atomic E-state index is 12.6. The molecule has 2 unspecified atom stereocenters. The van der Waals surface area contributed by atoms with E-state index in [9.17, 15) is 4.79 Å². The van der Waals surface area contributed by atoms with Crippen molar-refractivity contribution in [1.82, 2.24) is 10.2 Å². The number of carbonyl (C=O) groups excluding carboxylic acids is 1. The van der Waals surface area contributed by atoms with E-state index in [1.165, 1.54) is 51.4 Å². The van der Waals surface area contributed by atoms with E-state index in [0.29, 0.717) is 17.9 Å². The van der Waals surface area contributed by atoms with Gasteiger partial charge in [0, 0.05) is 19.0 Å². The molecule has 0 bridgehead atoms. The monoisotopic (exact) mass is 264 g/mol. The predicted molar refractivity (Wildman–Crippen MR) is 76.9 cm³/mol. The molecule has 1 aliphatic carbocycles. The van der Waals surface area contributed by atoms with Gasteiger partial charge in [0.2, 0.25) is 5.91 Å². The maximum Gasteiger partial charge on any atom is 0.223 e. The molecular formula is C16H28N2O. The highest BCUT2D eigenvalue weighted by Crippen LogP contribution is 2.36. The third kappa shape index (κ3) is 3.13. The van der Waals surface area contributed by atoms with Crippen LogP contribution in [0.4, 0.5) is 0 Å². The van der Waals surface area contributed by atoms with Crippen LogP contribution < -0.4 is 5.32 Å². The second-order valence-electron chi connectivity index (χ2n) is 6.76. The molecule has 1 N–H and O–H groups in total. The van der Waals surface area contributed by atoms with Crippen molar-refractivity contribution in [2.75, 3.05) is 19.6 Å². The van der Waals surface area contributed by atoms with Crippen molar-refractivity contribution >= 4 is 5.91 Å². The first kappa shape index (κ1) is 13.4. The van der Waals surface area contributed by atoms with Gasteiger partial charge in [-0.15, -0.1) is 0 Å². The van der Waals surface area contributed by atoms with Crippen LogP contribution in [0.25, 0.3) is 0 Å². The fraction of sp³-hybridized carbons (Fsp3) is 0.938. The molecule has 3 rings (SSSR count). The number of piperidine rings is 1. The maximum absolute atomic E-state index is 12.6. The van der Waals surface area contributed by atoms with E-state index in [2.05, 4.69) is 10.2 Å². The summed E-state index contributed by atoms with van der Waals surface area (Å²) in [5.74, 6) is 1.85. The molecule has 3 heteroatoms. The number of carbonyl (C=O) groups is 1. The Balaban J connectivity index is 1.55. The van der Waals surface area contributed by atoms with Crippen LogP contribution in [0, 0.1) is 11.8 Å². The first-order valence-electron chi connectivity index (χ1n) is 8.35. The Bertz CT molecular complexity index is 306. The number of hydrogen-bond acceptors (Lipinski definition) is 2. The van der Waals surface area contributed by atoms with Gasteiger partial charge in [-0.3, -0.25) is 4.79 Å². The first-order valence-corrected chi connectivity index (χ1v) is 8.35. The third-order valence-corrected chi connectivity index (χ3v) is 5.43. The summed E-state index contributed by atoms with van der Waals surface area (Å²) in [6, 6.07) is 0.589. The molecule has 2 heterocycles. The van der Waals surface area contributed by atoms with Crippen LogP contribution in [-0.4, -0.2) is 36.5 Å². The first-order chi connectivity index (χ1) is 9.34. The van der Waals surface area contributed by atoms with Gasteiger partial charge in [-0.1, -0.05) is 12.8 Å². The Hall–Kier alpha value is -0.570. The summed E-state index contributed by atoms with van der Waals surface area (Å²) in [6.07, 6.45) is 11.3. The summed E-state index contributed by atoms with van der Waals surface area (Å²) in [5, 5.41) is 3.43. The summed E-state index contributed by atoms with van der Waals surface area (Å²) in [5.41, 5.74) is 0. The molecule has 3 nitrogen and oxygen atoms in total. The van der Waals surface area contributed by atoms with Gasteiger partial charge >= 0.3 is 0 Å². The molecule has 0 radical (unpaired) electrons. The van der Waals surface area contributed by atoms with Gasteiger partial charge in [0.1, 0.15) is 0 Å². The molecular weight excluding hydrogens is 236 g/mol. The average molecular weight is 264 g/mol. The van der Waals surface area contributed by atoms with Crippen molar-refractivity contribution in [3.05, 3.63) is 0 Å². The summed E-state index contributed by atoms with van der Waals surface area (Å²) in [6.45, 7) is 3.22. The molecule has 108 valence electrons. The van der Waals surface area contributed by atoms with Crippen molar-refractivity contribution in [3.8, 4) is 0 Å². The van der Waals surface area contributed by atoms with Gasteiger partial charge in [0.25, 0.3) is 0 Å². The van der Waals surface area contributed by atoms with E-state index in [4.69, 9.17) is 0 Å². The highest BCUT2D eigenvalue weighted by Gasteiger charge is 2.36. The minimum atomic E-state index is 0.447. The van der Waals surface area contributed by atoms with Gasteiger partial charge in [-0.05, 0) is 63.5 Å². The molecule has 2 saturated heterocycles. The molecule has 0 spiro atoms. The SMILES string of the molecule is O=C(CC1CCCNC1)N1CCCC1C1CCCC1. The van der Waals surface area contributed by atoms with Crippen LogP contribution in [0.5, 0.6) is 0 Å². The lowest BCUT2D eigenvalue weighted by molar-refractivity contribution is -0.134. The quantitative estimate of drug-likeness (QED) is 0.849. The molecule has 3 aliphatic rings. The second kappa shape index (κ2) is 6.25. The Labute approximate surface area is 117 Å². The number of hydrogen-bond donors (Lipinski definition) is 1. The summed E-state index contributed by atoms with van der Waals surface area (Å²) in [4.78, 5) is 14.8. The lowest BCUT2D eigenvalue weighted by Crippen LogP contribution is -2.41. The van der Waals surface area contributed by atoms with Gasteiger partial charge in [0.05, 0.1) is 0 Å². The predicted octanol–water partition coefficient (Wildman–Crippen LogP) is 2.56. The van der Waals surface area contributed by atoms with E-state index in [1.807, 2.05) is 0 Å². The molecule has 1 saturated carbocycles. The lowest BCUT2D eigenvalue weighted by Gasteiger charge is -2.31. The Morgan fingerprint density at radius 3 is 2.63 bits per heavy atom. The van der Waals surface area contributed by atoms with E-state index in [0.717, 1.165) is 32.0 Å². The smallest absolute Gasteiger partial charge is 0.223 e. The Morgan fingerprint density at radius 2 is 1.89 bits per heavy atom. The van der Waals surface area contributed by atoms with E-state index in [1.54, 1.807) is 0 Å². The van der Waals surface area contributed by atoms with Crippen molar-refractivity contribution in [2.45, 2.75) is 63.8 Å². The van der Waals surface area contributed by atoms with Gasteiger partial charge in [0.15, 0.2) is 0 Å². The third-order valence-electron chi connectivity index (χ3n) is 5.43. The molecule has 0 aromatic heterocycles. The van der Waals surface area contributed by atoms with Gasteiger partial charge < -0.3 is 10.2 Å². The highest BCUT2D eigenvalue weighted by atomic mass is 16.2. The number of nitrogens with zero attached hydrogens (tertiary/aromatic N) is 1. The van der Waals surface area contributed by atoms with Gasteiger partial charge in [-0.25, -0.2) is 0 Å².